The average Bonchev–Trinajstić information content (AvgIpc) is 3.21. The molecule has 1 saturated carbocycles. The minimum atomic E-state index is -0.521. The first-order valence-electron chi connectivity index (χ1n) is 14.0. The summed E-state index contributed by atoms with van der Waals surface area (Å²) in [5.41, 5.74) is 6.43. The quantitative estimate of drug-likeness (QED) is 0.325. The van der Waals surface area contributed by atoms with Gasteiger partial charge in [-0.3, -0.25) is 0 Å². The Kier molecular flexibility index (Phi) is 9.51. The second kappa shape index (κ2) is 11.6. The van der Waals surface area contributed by atoms with Crippen molar-refractivity contribution >= 4 is 26.5 Å². The maximum atomic E-state index is 5.77. The average molecular weight is 543 g/mol. The maximum Gasteiger partial charge on any atom is 0.124 e. The summed E-state index contributed by atoms with van der Waals surface area (Å²) in [7, 11) is 2.90. The molecule has 2 aromatic carbocycles. The summed E-state index contributed by atoms with van der Waals surface area (Å²) in [6, 6.07) is 9.73. The molecule has 2 nitrogen and oxygen atoms in total. The van der Waals surface area contributed by atoms with E-state index in [0.717, 1.165) is 23.1 Å². The highest BCUT2D eigenvalue weighted by Crippen LogP contribution is 2.67. The van der Waals surface area contributed by atoms with Gasteiger partial charge in [0, 0.05) is 0 Å². The van der Waals surface area contributed by atoms with Gasteiger partial charge in [0.2, 0.25) is 0 Å². The van der Waals surface area contributed by atoms with Crippen molar-refractivity contribution in [2.24, 2.45) is 5.92 Å². The van der Waals surface area contributed by atoms with Gasteiger partial charge in [-0.1, -0.05) is 62.8 Å². The zero-order valence-corrected chi connectivity index (χ0v) is 27.7. The number of ether oxygens (including phenoxy) is 2. The highest BCUT2D eigenvalue weighted by atomic mass is 31.1. The minimum absolute atomic E-state index is 0.174. The molecule has 0 N–H and O–H groups in total. The summed E-state index contributed by atoms with van der Waals surface area (Å²) in [6.07, 6.45) is 4.03. The smallest absolute Gasteiger partial charge is 0.124 e. The van der Waals surface area contributed by atoms with Crippen molar-refractivity contribution in [2.45, 2.75) is 117 Å². The molecule has 1 aliphatic rings. The van der Waals surface area contributed by atoms with E-state index in [4.69, 9.17) is 9.47 Å². The van der Waals surface area contributed by atoms with E-state index in [1.807, 2.05) is 0 Å². The third-order valence-electron chi connectivity index (χ3n) is 8.19. The SMILES string of the molecule is COc1c(C)cc(P(c2cc(C)c(OC)c(C)c2)[C@H]2CCC[C@H]2[C@@H](C)P(C(C)(C)C)C(C)(C)C)cc1C. The van der Waals surface area contributed by atoms with Gasteiger partial charge in [0.05, 0.1) is 14.2 Å². The molecule has 1 aliphatic carbocycles. The molecule has 2 aromatic rings. The number of rotatable bonds is 7. The Balaban J connectivity index is 2.20. The van der Waals surface area contributed by atoms with E-state index in [-0.39, 0.29) is 7.92 Å². The Hall–Kier alpha value is -1.10. The molecule has 0 heterocycles. The summed E-state index contributed by atoms with van der Waals surface area (Å²) in [5.74, 6) is 2.81. The lowest BCUT2D eigenvalue weighted by Crippen LogP contribution is -2.37. The fraction of sp³-hybridized carbons (Fsp3) is 0.636. The molecule has 1 fully saturated rings. The van der Waals surface area contributed by atoms with Crippen LogP contribution in [0.5, 0.6) is 11.5 Å². The van der Waals surface area contributed by atoms with Crippen LogP contribution in [0.3, 0.4) is 0 Å². The van der Waals surface area contributed by atoms with Crippen molar-refractivity contribution in [1.29, 1.82) is 0 Å². The number of benzene rings is 2. The first-order valence-corrected chi connectivity index (χ1v) is 16.8. The van der Waals surface area contributed by atoms with E-state index >= 15 is 0 Å². The molecule has 0 aliphatic heterocycles. The molecule has 0 radical (unpaired) electrons. The summed E-state index contributed by atoms with van der Waals surface area (Å²) >= 11 is 0. The van der Waals surface area contributed by atoms with E-state index in [9.17, 15) is 0 Å². The van der Waals surface area contributed by atoms with Gasteiger partial charge in [0.1, 0.15) is 11.5 Å². The molecule has 0 amide bonds. The number of hydrogen-bond acceptors (Lipinski definition) is 2. The van der Waals surface area contributed by atoms with E-state index < -0.39 is 7.92 Å². The predicted octanol–water partition coefficient (Wildman–Crippen LogP) is 9.01. The topological polar surface area (TPSA) is 18.5 Å². The molecule has 37 heavy (non-hydrogen) atoms. The lowest BCUT2D eigenvalue weighted by molar-refractivity contribution is 0.408. The monoisotopic (exact) mass is 542 g/mol. The second-order valence-electron chi connectivity index (χ2n) is 13.2. The Bertz CT molecular complexity index is 973. The molecule has 0 aromatic heterocycles. The van der Waals surface area contributed by atoms with Gasteiger partial charge in [0.15, 0.2) is 0 Å². The minimum Gasteiger partial charge on any atom is -0.496 e. The Morgan fingerprint density at radius 1 is 0.703 bits per heavy atom. The van der Waals surface area contributed by atoms with Crippen LogP contribution in [0.4, 0.5) is 0 Å². The lowest BCUT2D eigenvalue weighted by atomic mass is 10.0. The highest BCUT2D eigenvalue weighted by molar-refractivity contribution is 7.73. The number of aryl methyl sites for hydroxylation is 4. The largest absolute Gasteiger partial charge is 0.496 e. The summed E-state index contributed by atoms with van der Waals surface area (Å²) in [5, 5.41) is 3.69. The zero-order valence-electron chi connectivity index (χ0n) is 25.9. The highest BCUT2D eigenvalue weighted by Gasteiger charge is 2.46. The predicted molar refractivity (Wildman–Crippen MR) is 168 cm³/mol. The van der Waals surface area contributed by atoms with Crippen molar-refractivity contribution < 1.29 is 9.47 Å². The number of hydrogen-bond donors (Lipinski definition) is 0. The summed E-state index contributed by atoms with van der Waals surface area (Å²) < 4.78 is 11.5. The molecule has 3 atom stereocenters. The fourth-order valence-corrected chi connectivity index (χ4v) is 16.5. The number of methoxy groups -OCH3 is 2. The molecule has 3 rings (SSSR count). The van der Waals surface area contributed by atoms with Crippen LogP contribution >= 0.6 is 15.8 Å². The van der Waals surface area contributed by atoms with Gasteiger partial charge in [-0.15, -0.1) is 0 Å². The first kappa shape index (κ1) is 30.4. The van der Waals surface area contributed by atoms with Gasteiger partial charge >= 0.3 is 0 Å². The van der Waals surface area contributed by atoms with Crippen molar-refractivity contribution in [1.82, 2.24) is 0 Å². The zero-order chi connectivity index (χ0) is 27.9. The van der Waals surface area contributed by atoms with Crippen LogP contribution in [0.25, 0.3) is 0 Å². The summed E-state index contributed by atoms with van der Waals surface area (Å²) in [4.78, 5) is 0. The fourth-order valence-electron chi connectivity index (χ4n) is 7.58. The lowest BCUT2D eigenvalue weighted by Gasteiger charge is -2.49. The van der Waals surface area contributed by atoms with Crippen molar-refractivity contribution in [3.8, 4) is 11.5 Å². The Labute approximate surface area is 230 Å². The van der Waals surface area contributed by atoms with Crippen LogP contribution in [0.2, 0.25) is 0 Å². The third kappa shape index (κ3) is 6.39. The van der Waals surface area contributed by atoms with Crippen molar-refractivity contribution in [3.05, 3.63) is 46.5 Å². The second-order valence-corrected chi connectivity index (χ2v) is 19.9. The third-order valence-corrected chi connectivity index (χ3v) is 15.2. The van der Waals surface area contributed by atoms with E-state index in [0.29, 0.717) is 16.0 Å². The van der Waals surface area contributed by atoms with Gasteiger partial charge in [0.25, 0.3) is 0 Å². The Morgan fingerprint density at radius 2 is 1.08 bits per heavy atom. The van der Waals surface area contributed by atoms with Gasteiger partial charge < -0.3 is 9.47 Å². The molecule has 4 heteroatoms. The molecule has 0 bridgehead atoms. The molecule has 0 unspecified atom stereocenters. The van der Waals surface area contributed by atoms with Gasteiger partial charge in [-0.2, -0.15) is 0 Å². The standard InChI is InChI=1S/C33H52O2P2/c1-21-17-26(18-22(2)30(21)34-12)36(27-19-23(3)31(35-13)24(4)20-27)29-16-14-15-28(29)25(5)37(32(6,7)8)33(9,10)11/h17-20,25,28-29H,14-16H2,1-13H3/t25-,28+,29+/m1/s1. The van der Waals surface area contributed by atoms with Crippen LogP contribution in [0.1, 0.15) is 90.0 Å². The van der Waals surface area contributed by atoms with E-state index in [1.54, 1.807) is 14.2 Å². The summed E-state index contributed by atoms with van der Waals surface area (Å²) in [6.45, 7) is 26.4. The first-order chi connectivity index (χ1) is 17.1. The van der Waals surface area contributed by atoms with Gasteiger partial charge in [-0.25, -0.2) is 0 Å². The van der Waals surface area contributed by atoms with E-state index in [1.165, 1.54) is 52.1 Å². The van der Waals surface area contributed by atoms with Crippen molar-refractivity contribution in [3.63, 3.8) is 0 Å². The van der Waals surface area contributed by atoms with Crippen LogP contribution in [-0.4, -0.2) is 35.8 Å². The van der Waals surface area contributed by atoms with Crippen LogP contribution in [-0.2, 0) is 0 Å². The molecular weight excluding hydrogens is 490 g/mol. The normalized spacial score (nSPS) is 19.5. The van der Waals surface area contributed by atoms with Crippen LogP contribution in [0.15, 0.2) is 24.3 Å². The van der Waals surface area contributed by atoms with E-state index in [2.05, 4.69) is 100 Å². The molecule has 0 spiro atoms. The Morgan fingerprint density at radius 3 is 1.41 bits per heavy atom. The van der Waals surface area contributed by atoms with Gasteiger partial charge in [-0.05, 0) is 133 Å². The maximum absolute atomic E-state index is 5.77. The molecule has 0 saturated heterocycles. The van der Waals surface area contributed by atoms with Crippen molar-refractivity contribution in [2.75, 3.05) is 14.2 Å². The molecular formula is C33H52O2P2. The van der Waals surface area contributed by atoms with Crippen LogP contribution in [0, 0.1) is 33.6 Å². The molecule has 206 valence electrons. The van der Waals surface area contributed by atoms with Crippen LogP contribution < -0.4 is 20.1 Å².